The van der Waals surface area contributed by atoms with Gasteiger partial charge in [-0.1, -0.05) is 216 Å². The SMILES string of the molecule is C.C.C=CCCCCCCN(CCCCCCCC(C)COCCCCCCCCC)CCCCCNC.CCCCCCCCC.CCCCCCCCO. The van der Waals surface area contributed by atoms with Crippen molar-refractivity contribution in [1.82, 2.24) is 10.2 Å². The van der Waals surface area contributed by atoms with Gasteiger partial charge in [0.25, 0.3) is 0 Å². The van der Waals surface area contributed by atoms with Crippen LogP contribution in [-0.4, -0.2) is 63.1 Å². The van der Waals surface area contributed by atoms with Crippen LogP contribution in [0.3, 0.4) is 0 Å². The molecule has 0 aliphatic rings. The van der Waals surface area contributed by atoms with E-state index in [9.17, 15) is 0 Å². The lowest BCUT2D eigenvalue weighted by atomic mass is 10.0. The summed E-state index contributed by atoms with van der Waals surface area (Å²) in [5, 5.41) is 11.7. The Morgan fingerprint density at radius 3 is 1.32 bits per heavy atom. The van der Waals surface area contributed by atoms with E-state index in [1.54, 1.807) is 0 Å². The van der Waals surface area contributed by atoms with Crippen LogP contribution in [0.15, 0.2) is 12.7 Å². The van der Waals surface area contributed by atoms with E-state index in [4.69, 9.17) is 9.84 Å². The van der Waals surface area contributed by atoms with Gasteiger partial charge < -0.3 is 20.1 Å². The van der Waals surface area contributed by atoms with Gasteiger partial charge >= 0.3 is 0 Å². The number of rotatable bonds is 43. The Kier molecular flexibility index (Phi) is 73.7. The maximum Gasteiger partial charge on any atom is 0.0491 e. The first-order valence-electron chi connectivity index (χ1n) is 24.7. The molecule has 4 heteroatoms. The van der Waals surface area contributed by atoms with Crippen LogP contribution >= 0.6 is 0 Å². The molecule has 0 spiro atoms. The number of aliphatic hydroxyl groups is 1. The normalized spacial score (nSPS) is 11.2. The van der Waals surface area contributed by atoms with Crippen LogP contribution in [0.4, 0.5) is 0 Å². The lowest BCUT2D eigenvalue weighted by molar-refractivity contribution is 0.0976. The van der Waals surface area contributed by atoms with Gasteiger partial charge in [-0.25, -0.2) is 0 Å². The van der Waals surface area contributed by atoms with E-state index in [0.717, 1.165) is 32.1 Å². The summed E-state index contributed by atoms with van der Waals surface area (Å²) in [6.07, 6.45) is 48.0. The molecule has 4 nitrogen and oxygen atoms in total. The first kappa shape index (κ1) is 64.7. The minimum absolute atomic E-state index is 0. The molecule has 0 aromatic heterocycles. The standard InChI is InChI=1S/C33H68N2O.C9H20.C8H18O.2CH4/c1-5-7-9-11-13-18-25-31-36-32-33(3)26-20-15-14-17-23-29-35(30-24-19-21-27-34-4)28-22-16-12-10-8-6-2;1-3-5-7-9-8-6-4-2;1-2-3-4-5-6-7-8-9;;/h6,33-34H,2,5,7-32H2,1,3-4H3;3-9H2,1-2H3;9H,2-8H2,1H3;2*1H4. The Morgan fingerprint density at radius 1 is 0.518 bits per heavy atom. The summed E-state index contributed by atoms with van der Waals surface area (Å²) in [7, 11) is 2.06. The lowest BCUT2D eigenvalue weighted by Gasteiger charge is -2.22. The van der Waals surface area contributed by atoms with Gasteiger partial charge in [0.1, 0.15) is 0 Å². The third kappa shape index (κ3) is 65.4. The molecule has 2 N–H and O–H groups in total. The molecular formula is C52H114N2O2. The lowest BCUT2D eigenvalue weighted by Crippen LogP contribution is -2.27. The van der Waals surface area contributed by atoms with Crippen molar-refractivity contribution >= 4 is 0 Å². The van der Waals surface area contributed by atoms with Gasteiger partial charge in [-0.05, 0) is 96.9 Å². The van der Waals surface area contributed by atoms with Crippen LogP contribution in [0, 0.1) is 5.92 Å². The fourth-order valence-corrected chi connectivity index (χ4v) is 6.94. The average molecular weight is 799 g/mol. The number of unbranched alkanes of at least 4 members (excludes halogenated alkanes) is 27. The van der Waals surface area contributed by atoms with E-state index in [0.29, 0.717) is 6.61 Å². The van der Waals surface area contributed by atoms with E-state index in [2.05, 4.69) is 64.5 Å². The number of aliphatic hydroxyl groups excluding tert-OH is 1. The predicted molar refractivity (Wildman–Crippen MR) is 261 cm³/mol. The molecule has 0 radical (unpaired) electrons. The molecule has 1 unspecified atom stereocenters. The second kappa shape index (κ2) is 63.7. The number of nitrogens with one attached hydrogen (secondary N) is 1. The zero-order valence-electron chi connectivity index (χ0n) is 38.7. The molecule has 0 saturated carbocycles. The summed E-state index contributed by atoms with van der Waals surface area (Å²) in [6.45, 7) is 22.6. The van der Waals surface area contributed by atoms with Gasteiger partial charge in [0.2, 0.25) is 0 Å². The summed E-state index contributed by atoms with van der Waals surface area (Å²) >= 11 is 0. The quantitative estimate of drug-likeness (QED) is 0.0476. The van der Waals surface area contributed by atoms with Crippen LogP contribution in [-0.2, 0) is 4.74 Å². The van der Waals surface area contributed by atoms with Crippen LogP contribution in [0.5, 0.6) is 0 Å². The second-order valence-corrected chi connectivity index (χ2v) is 16.6. The summed E-state index contributed by atoms with van der Waals surface area (Å²) in [4.78, 5) is 2.76. The van der Waals surface area contributed by atoms with E-state index < -0.39 is 0 Å². The zero-order valence-corrected chi connectivity index (χ0v) is 38.7. The van der Waals surface area contributed by atoms with E-state index in [1.807, 2.05) is 0 Å². The summed E-state index contributed by atoms with van der Waals surface area (Å²) < 4.78 is 5.95. The Bertz CT molecular complexity index is 590. The predicted octanol–water partition coefficient (Wildman–Crippen LogP) is 16.9. The van der Waals surface area contributed by atoms with E-state index in [1.165, 1.54) is 232 Å². The Morgan fingerprint density at radius 2 is 0.893 bits per heavy atom. The number of hydrogen-bond acceptors (Lipinski definition) is 4. The van der Waals surface area contributed by atoms with E-state index >= 15 is 0 Å². The summed E-state index contributed by atoms with van der Waals surface area (Å²) in [5.41, 5.74) is 0. The molecule has 0 aliphatic carbocycles. The number of hydrogen-bond donors (Lipinski definition) is 2. The van der Waals surface area contributed by atoms with Crippen molar-refractivity contribution in [3.05, 3.63) is 12.7 Å². The zero-order chi connectivity index (χ0) is 40.3. The Balaban J connectivity index is -0.000000355. The second-order valence-electron chi connectivity index (χ2n) is 16.6. The first-order chi connectivity index (χ1) is 26.6. The fraction of sp³-hybridized carbons (Fsp3) is 0.962. The molecule has 0 aliphatic heterocycles. The maximum atomic E-state index is 8.42. The van der Waals surface area contributed by atoms with Gasteiger partial charge in [0.05, 0.1) is 0 Å². The van der Waals surface area contributed by atoms with Gasteiger partial charge in [-0.3, -0.25) is 0 Å². The maximum absolute atomic E-state index is 8.42. The third-order valence-corrected chi connectivity index (χ3v) is 10.7. The minimum atomic E-state index is 0. The van der Waals surface area contributed by atoms with E-state index in [-0.39, 0.29) is 14.9 Å². The van der Waals surface area contributed by atoms with Crippen molar-refractivity contribution in [2.24, 2.45) is 5.92 Å². The summed E-state index contributed by atoms with van der Waals surface area (Å²) in [6, 6.07) is 0. The van der Waals surface area contributed by atoms with Gasteiger partial charge in [-0.2, -0.15) is 0 Å². The molecule has 0 bridgehead atoms. The highest BCUT2D eigenvalue weighted by molar-refractivity contribution is 4.66. The van der Waals surface area contributed by atoms with Gasteiger partial charge in [-0.15, -0.1) is 6.58 Å². The van der Waals surface area contributed by atoms with Crippen molar-refractivity contribution in [1.29, 1.82) is 0 Å². The van der Waals surface area contributed by atoms with Crippen molar-refractivity contribution in [3.63, 3.8) is 0 Å². The van der Waals surface area contributed by atoms with Gasteiger partial charge in [0.15, 0.2) is 0 Å². The van der Waals surface area contributed by atoms with Crippen LogP contribution < -0.4 is 5.32 Å². The molecule has 56 heavy (non-hydrogen) atoms. The minimum Gasteiger partial charge on any atom is -0.396 e. The van der Waals surface area contributed by atoms with Gasteiger partial charge in [0, 0.05) is 19.8 Å². The molecule has 0 rings (SSSR count). The van der Waals surface area contributed by atoms with Crippen molar-refractivity contribution in [3.8, 4) is 0 Å². The summed E-state index contributed by atoms with van der Waals surface area (Å²) in [5.74, 6) is 0.722. The van der Waals surface area contributed by atoms with Crippen LogP contribution in [0.2, 0.25) is 0 Å². The highest BCUT2D eigenvalue weighted by Gasteiger charge is 2.06. The smallest absolute Gasteiger partial charge is 0.0491 e. The molecule has 0 amide bonds. The van der Waals surface area contributed by atoms with Crippen molar-refractivity contribution in [2.45, 2.75) is 268 Å². The molecule has 0 aromatic carbocycles. The highest BCUT2D eigenvalue weighted by atomic mass is 16.5. The Labute approximate surface area is 358 Å². The monoisotopic (exact) mass is 799 g/mol. The first-order valence-corrected chi connectivity index (χ1v) is 24.7. The molecule has 0 fully saturated rings. The largest absolute Gasteiger partial charge is 0.396 e. The molecular weight excluding hydrogens is 685 g/mol. The number of nitrogens with zero attached hydrogens (tertiary/aromatic N) is 1. The van der Waals surface area contributed by atoms with Crippen molar-refractivity contribution < 1.29 is 9.84 Å². The molecule has 0 heterocycles. The third-order valence-electron chi connectivity index (χ3n) is 10.7. The molecule has 0 saturated heterocycles. The molecule has 1 atom stereocenters. The molecule has 0 aromatic rings. The van der Waals surface area contributed by atoms with Crippen LogP contribution in [0.25, 0.3) is 0 Å². The highest BCUT2D eigenvalue weighted by Crippen LogP contribution is 2.14. The topological polar surface area (TPSA) is 44.7 Å². The average Bonchev–Trinajstić information content (AvgIpc) is 3.18. The fourth-order valence-electron chi connectivity index (χ4n) is 6.94. The number of allylic oxidation sites excluding steroid dienone is 1. The molecule has 344 valence electrons. The van der Waals surface area contributed by atoms with Crippen LogP contribution in [0.1, 0.15) is 268 Å². The number of ether oxygens (including phenoxy) is 1. The van der Waals surface area contributed by atoms with Crippen molar-refractivity contribution in [2.75, 3.05) is 53.0 Å². The Hall–Kier alpha value is -0.420.